The Hall–Kier alpha value is -4.52. The van der Waals surface area contributed by atoms with Gasteiger partial charge in [-0.05, 0) is 34.9 Å². The van der Waals surface area contributed by atoms with Crippen LogP contribution in [-0.4, -0.2) is 39.8 Å². The molecule has 6 rings (SSSR count). The van der Waals surface area contributed by atoms with E-state index in [1.165, 1.54) is 0 Å². The minimum absolute atomic E-state index is 0.0289. The van der Waals surface area contributed by atoms with Crippen molar-refractivity contribution in [3.8, 4) is 11.1 Å². The van der Waals surface area contributed by atoms with E-state index < -0.39 is 0 Å². The second-order valence-electron chi connectivity index (χ2n) is 9.11. The maximum Gasteiger partial charge on any atom is 0.251 e. The van der Waals surface area contributed by atoms with Crippen LogP contribution in [0.5, 0.6) is 0 Å². The highest BCUT2D eigenvalue weighted by atomic mass is 16.2. The van der Waals surface area contributed by atoms with Crippen LogP contribution >= 0.6 is 0 Å². The minimum Gasteiger partial charge on any atom is -0.364 e. The number of H-pyrrole nitrogens is 1. The third kappa shape index (κ3) is 4.20. The van der Waals surface area contributed by atoms with Gasteiger partial charge in [0.2, 0.25) is 0 Å². The monoisotopic (exact) mass is 475 g/mol. The molecule has 0 fully saturated rings. The summed E-state index contributed by atoms with van der Waals surface area (Å²) in [6.45, 7) is 2.33. The van der Waals surface area contributed by atoms with E-state index in [-0.39, 0.29) is 18.2 Å². The zero-order valence-corrected chi connectivity index (χ0v) is 19.7. The van der Waals surface area contributed by atoms with Crippen LogP contribution in [-0.2, 0) is 22.7 Å². The highest BCUT2D eigenvalue weighted by Gasteiger charge is 2.28. The lowest BCUT2D eigenvalue weighted by atomic mass is 10.0. The van der Waals surface area contributed by atoms with E-state index in [1.54, 1.807) is 12.4 Å². The van der Waals surface area contributed by atoms with Crippen LogP contribution in [0.3, 0.4) is 0 Å². The summed E-state index contributed by atoms with van der Waals surface area (Å²) in [7, 11) is 0. The van der Waals surface area contributed by atoms with E-state index in [9.17, 15) is 9.59 Å². The smallest absolute Gasteiger partial charge is 0.251 e. The van der Waals surface area contributed by atoms with E-state index in [4.69, 9.17) is 0 Å². The van der Waals surface area contributed by atoms with Crippen LogP contribution in [0.25, 0.3) is 16.7 Å². The predicted octanol–water partition coefficient (Wildman–Crippen LogP) is 2.83. The number of nitrogens with zero attached hydrogens (tertiary/aromatic N) is 4. The van der Waals surface area contributed by atoms with Crippen molar-refractivity contribution in [3.63, 3.8) is 0 Å². The Bertz CT molecular complexity index is 1560. The van der Waals surface area contributed by atoms with Crippen molar-refractivity contribution in [2.75, 3.05) is 18.0 Å². The molecule has 3 heterocycles. The number of benzene rings is 3. The molecular formula is C29H25N5O2. The van der Waals surface area contributed by atoms with Crippen LogP contribution in [0.1, 0.15) is 17.7 Å². The number of fused-ring (bicyclic) bond motifs is 2. The molecule has 0 radical (unpaired) electrons. The van der Waals surface area contributed by atoms with Crippen molar-refractivity contribution in [3.05, 3.63) is 107 Å². The molecule has 1 aromatic heterocycles. The van der Waals surface area contributed by atoms with Gasteiger partial charge in [-0.3, -0.25) is 9.59 Å². The van der Waals surface area contributed by atoms with Crippen molar-refractivity contribution >= 4 is 23.1 Å². The number of amides is 2. The van der Waals surface area contributed by atoms with Crippen LogP contribution < -0.4 is 15.5 Å². The molecule has 0 spiro atoms. The second kappa shape index (κ2) is 9.26. The van der Waals surface area contributed by atoms with Crippen LogP contribution in [0.15, 0.2) is 90.3 Å². The molecule has 178 valence electrons. The summed E-state index contributed by atoms with van der Waals surface area (Å²) >= 11 is 0. The summed E-state index contributed by atoms with van der Waals surface area (Å²) < 4.78 is 0. The number of aromatic nitrogens is 2. The van der Waals surface area contributed by atoms with Crippen LogP contribution in [0, 0.1) is 0 Å². The number of para-hydroxylation sites is 1. The molecule has 0 saturated carbocycles. The largest absolute Gasteiger partial charge is 0.364 e. The highest BCUT2D eigenvalue weighted by Crippen LogP contribution is 2.32. The van der Waals surface area contributed by atoms with Gasteiger partial charge < -0.3 is 14.8 Å². The summed E-state index contributed by atoms with van der Waals surface area (Å²) in [6.07, 6.45) is 3.54. The summed E-state index contributed by atoms with van der Waals surface area (Å²) in [5.74, 6) is -0.385. The third-order valence-electron chi connectivity index (χ3n) is 6.79. The van der Waals surface area contributed by atoms with E-state index in [0.29, 0.717) is 37.1 Å². The average molecular weight is 476 g/mol. The first-order valence-electron chi connectivity index (χ1n) is 12.1. The molecule has 0 saturated heterocycles. The van der Waals surface area contributed by atoms with Crippen LogP contribution in [0.2, 0.25) is 0 Å². The molecule has 2 amide bonds. The number of aromatic amines is 1. The molecule has 0 aliphatic carbocycles. The number of carbonyl (C=O) groups is 2. The quantitative estimate of drug-likeness (QED) is 0.492. The lowest BCUT2D eigenvalue weighted by Gasteiger charge is -2.25. The second-order valence-corrected chi connectivity index (χ2v) is 9.11. The Balaban J connectivity index is 1.40. The van der Waals surface area contributed by atoms with E-state index >= 15 is 0 Å². The van der Waals surface area contributed by atoms with Crippen molar-refractivity contribution in [2.24, 2.45) is 4.99 Å². The molecule has 4 aromatic rings. The number of hydrogen-bond acceptors (Lipinski definition) is 4. The maximum atomic E-state index is 13.9. The maximum absolute atomic E-state index is 13.9. The number of nitrogens with one attached hydrogen (secondary N) is 1. The Morgan fingerprint density at radius 1 is 0.944 bits per heavy atom. The Morgan fingerprint density at radius 2 is 1.78 bits per heavy atom. The molecular weight excluding hydrogens is 450 g/mol. The van der Waals surface area contributed by atoms with Crippen molar-refractivity contribution in [2.45, 2.75) is 19.5 Å². The van der Waals surface area contributed by atoms with Gasteiger partial charge in [0.15, 0.2) is 0 Å². The topological polar surface area (TPSA) is 81.7 Å². The first-order chi connectivity index (χ1) is 17.7. The van der Waals surface area contributed by atoms with Gasteiger partial charge >= 0.3 is 0 Å². The van der Waals surface area contributed by atoms with Gasteiger partial charge in [0.25, 0.3) is 11.8 Å². The van der Waals surface area contributed by atoms with E-state index in [1.807, 2.05) is 47.5 Å². The van der Waals surface area contributed by atoms with Gasteiger partial charge in [-0.1, -0.05) is 54.6 Å². The van der Waals surface area contributed by atoms with Crippen LogP contribution in [0.4, 0.5) is 5.69 Å². The Kier molecular flexibility index (Phi) is 5.65. The molecule has 0 unspecified atom stereocenters. The zero-order valence-electron chi connectivity index (χ0n) is 19.7. The van der Waals surface area contributed by atoms with E-state index in [0.717, 1.165) is 33.3 Å². The lowest BCUT2D eigenvalue weighted by Crippen LogP contribution is -2.41. The normalized spacial score (nSPS) is 15.1. The molecule has 2 aliphatic heterocycles. The van der Waals surface area contributed by atoms with Gasteiger partial charge in [-0.2, -0.15) is 0 Å². The summed E-state index contributed by atoms with van der Waals surface area (Å²) in [5, 5.41) is 1.32. The number of anilines is 1. The standard InChI is InChI=1S/C29H25N5O2/c35-28-15-25(24-8-4-5-9-26(24)32-28)29(36)34-13-12-33(18-23-16-30-19-31-23)27-11-10-21(14-22(27)17-34)20-6-2-1-3-7-20/h1-11,14,16,19H,12-13,15,17-18H2,(H,30,31). The zero-order chi connectivity index (χ0) is 24.5. The summed E-state index contributed by atoms with van der Waals surface area (Å²) in [6, 6.07) is 24.1. The number of hydrogen-bond donors (Lipinski definition) is 1. The lowest BCUT2D eigenvalue weighted by molar-refractivity contribution is -0.127. The molecule has 2 aliphatic rings. The third-order valence-corrected chi connectivity index (χ3v) is 6.79. The Morgan fingerprint density at radius 3 is 2.61 bits per heavy atom. The molecule has 36 heavy (non-hydrogen) atoms. The average Bonchev–Trinajstić information content (AvgIpc) is 3.36. The predicted molar refractivity (Wildman–Crippen MR) is 137 cm³/mol. The highest BCUT2D eigenvalue weighted by molar-refractivity contribution is 6.17. The molecule has 7 nitrogen and oxygen atoms in total. The molecule has 7 heteroatoms. The molecule has 1 N–H and O–H groups in total. The molecule has 0 bridgehead atoms. The molecule has 0 atom stereocenters. The summed E-state index contributed by atoms with van der Waals surface area (Å²) in [5.41, 5.74) is 5.94. The number of imidazole rings is 1. The van der Waals surface area contributed by atoms with Gasteiger partial charge in [0.1, 0.15) is 0 Å². The van der Waals surface area contributed by atoms with Crippen molar-refractivity contribution in [1.29, 1.82) is 0 Å². The Labute approximate surface area is 208 Å². The number of carbonyl (C=O) groups excluding carboxylic acids is 2. The van der Waals surface area contributed by atoms with Gasteiger partial charge in [0, 0.05) is 42.3 Å². The van der Waals surface area contributed by atoms with Gasteiger partial charge in [0.05, 0.1) is 30.3 Å². The SMILES string of the molecule is O=C1CC(C(=O)N2CCN(Cc3cnc[nH]3)c3ccc(-c4ccccc4)cc3C2)=c2ccccc2=N1. The van der Waals surface area contributed by atoms with Crippen molar-refractivity contribution in [1.82, 2.24) is 14.9 Å². The first-order valence-corrected chi connectivity index (χ1v) is 12.1. The van der Waals surface area contributed by atoms with Gasteiger partial charge in [-0.25, -0.2) is 9.98 Å². The number of rotatable bonds is 4. The fraction of sp³-hybridized carbons (Fsp3) is 0.172. The fourth-order valence-corrected chi connectivity index (χ4v) is 5.02. The first kappa shape index (κ1) is 22.0. The fourth-order valence-electron chi connectivity index (χ4n) is 5.02. The van der Waals surface area contributed by atoms with E-state index in [2.05, 4.69) is 50.2 Å². The minimum atomic E-state index is -0.278. The van der Waals surface area contributed by atoms with Crippen molar-refractivity contribution < 1.29 is 9.59 Å². The molecule has 3 aromatic carbocycles. The van der Waals surface area contributed by atoms with Gasteiger partial charge in [-0.15, -0.1) is 0 Å². The summed E-state index contributed by atoms with van der Waals surface area (Å²) in [4.78, 5) is 41.8.